The van der Waals surface area contributed by atoms with E-state index in [0.29, 0.717) is 11.9 Å². The van der Waals surface area contributed by atoms with Gasteiger partial charge in [-0.2, -0.15) is 0 Å². The van der Waals surface area contributed by atoms with E-state index in [2.05, 4.69) is 15.5 Å². The molecule has 0 radical (unpaired) electrons. The van der Waals surface area contributed by atoms with Crippen LogP contribution in [0.25, 0.3) is 11.5 Å². The number of hydrogen-bond donors (Lipinski definition) is 1. The lowest BCUT2D eigenvalue weighted by Gasteiger charge is -2.00. The van der Waals surface area contributed by atoms with Gasteiger partial charge in [0.05, 0.1) is 0 Å². The van der Waals surface area contributed by atoms with Gasteiger partial charge < -0.3 is 9.73 Å². The van der Waals surface area contributed by atoms with Crippen LogP contribution in [-0.2, 0) is 0 Å². The molecule has 4 nitrogen and oxygen atoms in total. The number of nitrogens with zero attached hydrogens (tertiary/aromatic N) is 2. The highest BCUT2D eigenvalue weighted by Crippen LogP contribution is 2.24. The van der Waals surface area contributed by atoms with Crippen LogP contribution >= 0.6 is 0 Å². The van der Waals surface area contributed by atoms with E-state index in [1.807, 2.05) is 61.5 Å². The molecule has 0 aliphatic heterocycles. The van der Waals surface area contributed by atoms with E-state index in [-0.39, 0.29) is 0 Å². The number of hydrogen-bond acceptors (Lipinski definition) is 4. The molecule has 1 heterocycles. The Hall–Kier alpha value is -2.62. The van der Waals surface area contributed by atoms with Gasteiger partial charge in [0, 0.05) is 11.3 Å². The van der Waals surface area contributed by atoms with Crippen LogP contribution in [0.1, 0.15) is 5.56 Å². The number of para-hydroxylation sites is 1. The minimum Gasteiger partial charge on any atom is -0.403 e. The van der Waals surface area contributed by atoms with E-state index in [0.717, 1.165) is 16.8 Å². The number of aromatic nitrogens is 2. The molecule has 0 saturated carbocycles. The molecule has 2 aromatic carbocycles. The minimum atomic E-state index is 0.393. The third-order valence-corrected chi connectivity index (χ3v) is 2.83. The van der Waals surface area contributed by atoms with Crippen LogP contribution in [0.4, 0.5) is 11.7 Å². The van der Waals surface area contributed by atoms with Gasteiger partial charge in [-0.05, 0) is 30.7 Å². The van der Waals surface area contributed by atoms with Gasteiger partial charge in [0.1, 0.15) is 0 Å². The summed E-state index contributed by atoms with van der Waals surface area (Å²) in [5.74, 6) is 0.525. The molecule has 1 aromatic heterocycles. The maximum absolute atomic E-state index is 5.62. The molecule has 1 N–H and O–H groups in total. The first-order valence-electron chi connectivity index (χ1n) is 6.04. The van der Waals surface area contributed by atoms with Gasteiger partial charge in [0.25, 0.3) is 0 Å². The lowest BCUT2D eigenvalue weighted by Crippen LogP contribution is -1.88. The average molecular weight is 251 g/mol. The van der Waals surface area contributed by atoms with Crippen molar-refractivity contribution in [3.05, 3.63) is 60.2 Å². The lowest BCUT2D eigenvalue weighted by molar-refractivity contribution is 0.587. The van der Waals surface area contributed by atoms with Crippen molar-refractivity contribution in [1.29, 1.82) is 0 Å². The largest absolute Gasteiger partial charge is 0.403 e. The standard InChI is InChI=1S/C15H13N3O/c1-11-7-5-6-10-13(11)14-17-18-15(19-14)16-12-8-3-2-4-9-12/h2-10H,1H3,(H,16,18). The van der Waals surface area contributed by atoms with Crippen LogP contribution < -0.4 is 5.32 Å². The zero-order valence-corrected chi connectivity index (χ0v) is 10.5. The van der Waals surface area contributed by atoms with Crippen molar-refractivity contribution in [2.75, 3.05) is 5.32 Å². The van der Waals surface area contributed by atoms with Crippen molar-refractivity contribution in [3.63, 3.8) is 0 Å². The third kappa shape index (κ3) is 2.47. The SMILES string of the molecule is Cc1ccccc1-c1nnc(Nc2ccccc2)o1. The monoisotopic (exact) mass is 251 g/mol. The smallest absolute Gasteiger partial charge is 0.320 e. The number of benzene rings is 2. The molecule has 0 aliphatic rings. The van der Waals surface area contributed by atoms with Crippen molar-refractivity contribution in [2.24, 2.45) is 0 Å². The molecule has 3 rings (SSSR count). The molecule has 0 amide bonds. The quantitative estimate of drug-likeness (QED) is 0.769. The second-order valence-corrected chi connectivity index (χ2v) is 4.22. The zero-order valence-electron chi connectivity index (χ0n) is 10.5. The second-order valence-electron chi connectivity index (χ2n) is 4.22. The Kier molecular flexibility index (Phi) is 2.98. The van der Waals surface area contributed by atoms with Crippen LogP contribution in [0, 0.1) is 6.92 Å². The maximum atomic E-state index is 5.62. The predicted octanol–water partition coefficient (Wildman–Crippen LogP) is 3.79. The van der Waals surface area contributed by atoms with E-state index in [1.165, 1.54) is 0 Å². The molecule has 0 fully saturated rings. The molecule has 4 heteroatoms. The molecule has 19 heavy (non-hydrogen) atoms. The summed E-state index contributed by atoms with van der Waals surface area (Å²) in [6.45, 7) is 2.02. The van der Waals surface area contributed by atoms with Gasteiger partial charge in [0.2, 0.25) is 5.89 Å². The summed E-state index contributed by atoms with van der Waals surface area (Å²) in [6, 6.07) is 18.0. The Morgan fingerprint density at radius 3 is 2.42 bits per heavy atom. The highest BCUT2D eigenvalue weighted by molar-refractivity contribution is 5.59. The van der Waals surface area contributed by atoms with E-state index >= 15 is 0 Å². The highest BCUT2D eigenvalue weighted by Gasteiger charge is 2.10. The summed E-state index contributed by atoms with van der Waals surface area (Å²) < 4.78 is 5.62. The van der Waals surface area contributed by atoms with E-state index in [9.17, 15) is 0 Å². The fourth-order valence-corrected chi connectivity index (χ4v) is 1.84. The van der Waals surface area contributed by atoms with Gasteiger partial charge >= 0.3 is 6.01 Å². The van der Waals surface area contributed by atoms with Crippen LogP contribution in [0.15, 0.2) is 59.0 Å². The van der Waals surface area contributed by atoms with Crippen LogP contribution in [0.5, 0.6) is 0 Å². The second kappa shape index (κ2) is 4.94. The molecule has 3 aromatic rings. The predicted molar refractivity (Wildman–Crippen MR) is 74.2 cm³/mol. The third-order valence-electron chi connectivity index (χ3n) is 2.83. The highest BCUT2D eigenvalue weighted by atomic mass is 16.4. The van der Waals surface area contributed by atoms with Crippen LogP contribution in [0.3, 0.4) is 0 Å². The Morgan fingerprint density at radius 2 is 1.63 bits per heavy atom. The minimum absolute atomic E-state index is 0.393. The van der Waals surface area contributed by atoms with Gasteiger partial charge in [0.15, 0.2) is 0 Å². The molecule has 0 bridgehead atoms. The van der Waals surface area contributed by atoms with Crippen molar-refractivity contribution in [1.82, 2.24) is 10.2 Å². The first-order chi connectivity index (χ1) is 9.33. The first-order valence-corrected chi connectivity index (χ1v) is 6.04. The Bertz CT molecular complexity index is 677. The topological polar surface area (TPSA) is 51.0 Å². The summed E-state index contributed by atoms with van der Waals surface area (Å²) in [5, 5.41) is 11.1. The average Bonchev–Trinajstić information content (AvgIpc) is 2.89. The van der Waals surface area contributed by atoms with Crippen molar-refractivity contribution in [3.8, 4) is 11.5 Å². The van der Waals surface area contributed by atoms with Crippen molar-refractivity contribution < 1.29 is 4.42 Å². The van der Waals surface area contributed by atoms with Crippen molar-refractivity contribution in [2.45, 2.75) is 6.92 Å². The zero-order chi connectivity index (χ0) is 13.1. The Balaban J connectivity index is 1.86. The molecule has 0 spiro atoms. The molecule has 94 valence electrons. The first kappa shape index (κ1) is 11.5. The maximum Gasteiger partial charge on any atom is 0.320 e. The summed E-state index contributed by atoms with van der Waals surface area (Å²) in [5.41, 5.74) is 2.98. The molecular formula is C15H13N3O. The van der Waals surface area contributed by atoms with Gasteiger partial charge in [-0.1, -0.05) is 41.5 Å². The van der Waals surface area contributed by atoms with E-state index in [4.69, 9.17) is 4.42 Å². The van der Waals surface area contributed by atoms with Gasteiger partial charge in [-0.25, -0.2) is 0 Å². The fourth-order valence-electron chi connectivity index (χ4n) is 1.84. The van der Waals surface area contributed by atoms with E-state index < -0.39 is 0 Å². The number of aryl methyl sites for hydroxylation is 1. The number of nitrogens with one attached hydrogen (secondary N) is 1. The lowest BCUT2D eigenvalue weighted by atomic mass is 10.1. The summed E-state index contributed by atoms with van der Waals surface area (Å²) >= 11 is 0. The summed E-state index contributed by atoms with van der Waals surface area (Å²) in [6.07, 6.45) is 0. The molecule has 0 atom stereocenters. The van der Waals surface area contributed by atoms with Gasteiger partial charge in [-0.15, -0.1) is 5.10 Å². The van der Waals surface area contributed by atoms with Crippen molar-refractivity contribution >= 4 is 11.7 Å². The normalized spacial score (nSPS) is 10.4. The van der Waals surface area contributed by atoms with Crippen LogP contribution in [-0.4, -0.2) is 10.2 Å². The molecule has 0 saturated heterocycles. The molecular weight excluding hydrogens is 238 g/mol. The Labute approximate surface area is 111 Å². The fraction of sp³-hybridized carbons (Fsp3) is 0.0667. The molecule has 0 unspecified atom stereocenters. The Morgan fingerprint density at radius 1 is 0.895 bits per heavy atom. The molecule has 0 aliphatic carbocycles. The summed E-state index contributed by atoms with van der Waals surface area (Å²) in [7, 11) is 0. The van der Waals surface area contributed by atoms with Gasteiger partial charge in [-0.3, -0.25) is 0 Å². The van der Waals surface area contributed by atoms with E-state index in [1.54, 1.807) is 0 Å². The van der Waals surface area contributed by atoms with Crippen LogP contribution in [0.2, 0.25) is 0 Å². The number of rotatable bonds is 3. The summed E-state index contributed by atoms with van der Waals surface area (Å²) in [4.78, 5) is 0. The number of anilines is 2.